The van der Waals surface area contributed by atoms with Gasteiger partial charge in [0.15, 0.2) is 5.82 Å². The van der Waals surface area contributed by atoms with E-state index >= 15 is 0 Å². The summed E-state index contributed by atoms with van der Waals surface area (Å²) in [6, 6.07) is 7.26. The zero-order chi connectivity index (χ0) is 13.1. The van der Waals surface area contributed by atoms with E-state index in [0.29, 0.717) is 11.5 Å². The van der Waals surface area contributed by atoms with E-state index in [9.17, 15) is 4.79 Å². The molecule has 1 aromatic heterocycles. The lowest BCUT2D eigenvalue weighted by Gasteiger charge is -2.05. The molecule has 0 saturated carbocycles. The molecule has 5 heteroatoms. The van der Waals surface area contributed by atoms with E-state index in [1.54, 1.807) is 26.2 Å². The third-order valence-corrected chi connectivity index (χ3v) is 2.56. The molecule has 5 nitrogen and oxygen atoms in total. The van der Waals surface area contributed by atoms with Gasteiger partial charge in [0.05, 0.1) is 18.4 Å². The summed E-state index contributed by atoms with van der Waals surface area (Å²) in [6.45, 7) is 1.65. The Balaban J connectivity index is 2.39. The van der Waals surface area contributed by atoms with Gasteiger partial charge in [0, 0.05) is 11.8 Å². The van der Waals surface area contributed by atoms with Crippen LogP contribution in [0.4, 0.5) is 0 Å². The second-order valence-corrected chi connectivity index (χ2v) is 3.73. The first-order valence-corrected chi connectivity index (χ1v) is 5.33. The molecular weight excluding hydrogens is 232 g/mol. The maximum absolute atomic E-state index is 10.9. The molecule has 18 heavy (non-hydrogen) atoms. The van der Waals surface area contributed by atoms with Crippen LogP contribution in [-0.4, -0.2) is 28.2 Å². The fourth-order valence-electron chi connectivity index (χ4n) is 1.56. The Kier molecular flexibility index (Phi) is 3.23. The van der Waals surface area contributed by atoms with Crippen LogP contribution < -0.4 is 4.74 Å². The number of aromatic carboxylic acids is 1. The predicted octanol–water partition coefficient (Wildman–Crippen LogP) is 2.16. The Morgan fingerprint density at radius 2 is 1.94 bits per heavy atom. The van der Waals surface area contributed by atoms with E-state index in [1.165, 1.54) is 6.20 Å². The first kappa shape index (κ1) is 12.0. The van der Waals surface area contributed by atoms with Gasteiger partial charge in [-0.1, -0.05) is 0 Å². The molecule has 92 valence electrons. The fraction of sp³-hybridized carbons (Fsp3) is 0.154. The Bertz CT molecular complexity index is 579. The number of benzene rings is 1. The molecule has 0 aliphatic rings. The maximum Gasteiger partial charge on any atom is 0.339 e. The Labute approximate surface area is 104 Å². The lowest BCUT2D eigenvalue weighted by molar-refractivity contribution is 0.0695. The van der Waals surface area contributed by atoms with Gasteiger partial charge in [-0.05, 0) is 31.2 Å². The van der Waals surface area contributed by atoms with Gasteiger partial charge >= 0.3 is 5.97 Å². The Hall–Kier alpha value is -2.43. The number of aromatic nitrogens is 2. The van der Waals surface area contributed by atoms with Gasteiger partial charge in [0.2, 0.25) is 0 Å². The van der Waals surface area contributed by atoms with Crippen molar-refractivity contribution in [2.75, 3.05) is 7.11 Å². The molecule has 1 aromatic carbocycles. The summed E-state index contributed by atoms with van der Waals surface area (Å²) in [5, 5.41) is 8.90. The van der Waals surface area contributed by atoms with Gasteiger partial charge in [-0.15, -0.1) is 0 Å². The van der Waals surface area contributed by atoms with Gasteiger partial charge in [0.25, 0.3) is 0 Å². The van der Waals surface area contributed by atoms with E-state index in [0.717, 1.165) is 11.3 Å². The van der Waals surface area contributed by atoms with E-state index in [2.05, 4.69) is 9.97 Å². The standard InChI is InChI=1S/C13H12N2O3/c1-8-11(13(16)17)7-14-12(15-8)9-3-5-10(18-2)6-4-9/h3-7H,1-2H3,(H,16,17). The minimum absolute atomic E-state index is 0.118. The molecule has 0 unspecified atom stereocenters. The number of nitrogens with zero attached hydrogens (tertiary/aromatic N) is 2. The fourth-order valence-corrected chi connectivity index (χ4v) is 1.56. The molecule has 0 atom stereocenters. The molecule has 0 amide bonds. The van der Waals surface area contributed by atoms with E-state index in [4.69, 9.17) is 9.84 Å². The molecule has 1 heterocycles. The number of hydrogen-bond acceptors (Lipinski definition) is 4. The minimum atomic E-state index is -1.02. The number of hydrogen-bond donors (Lipinski definition) is 1. The molecule has 0 bridgehead atoms. The molecule has 0 radical (unpaired) electrons. The first-order chi connectivity index (χ1) is 8.61. The molecule has 0 aliphatic heterocycles. The Morgan fingerprint density at radius 1 is 1.28 bits per heavy atom. The summed E-state index contributed by atoms with van der Waals surface area (Å²) in [5.74, 6) is 0.228. The number of aryl methyl sites for hydroxylation is 1. The highest BCUT2D eigenvalue weighted by atomic mass is 16.5. The van der Waals surface area contributed by atoms with Crippen LogP contribution in [0.3, 0.4) is 0 Å². The topological polar surface area (TPSA) is 72.3 Å². The zero-order valence-electron chi connectivity index (χ0n) is 10.0. The molecule has 0 fully saturated rings. The van der Waals surface area contributed by atoms with Crippen molar-refractivity contribution >= 4 is 5.97 Å². The second-order valence-electron chi connectivity index (χ2n) is 3.73. The van der Waals surface area contributed by atoms with Crippen LogP contribution in [0, 0.1) is 6.92 Å². The van der Waals surface area contributed by atoms with Crippen molar-refractivity contribution in [2.45, 2.75) is 6.92 Å². The van der Waals surface area contributed by atoms with Crippen molar-refractivity contribution in [3.63, 3.8) is 0 Å². The summed E-state index contributed by atoms with van der Waals surface area (Å²) >= 11 is 0. The summed E-state index contributed by atoms with van der Waals surface area (Å²) in [4.78, 5) is 19.1. The van der Waals surface area contributed by atoms with Crippen molar-refractivity contribution in [1.29, 1.82) is 0 Å². The summed E-state index contributed by atoms with van der Waals surface area (Å²) in [6.07, 6.45) is 1.32. The van der Waals surface area contributed by atoms with Crippen LogP contribution in [0.25, 0.3) is 11.4 Å². The Morgan fingerprint density at radius 3 is 2.44 bits per heavy atom. The maximum atomic E-state index is 10.9. The smallest absolute Gasteiger partial charge is 0.339 e. The SMILES string of the molecule is COc1ccc(-c2ncc(C(=O)O)c(C)n2)cc1. The van der Waals surface area contributed by atoms with Gasteiger partial charge in [-0.25, -0.2) is 14.8 Å². The highest BCUT2D eigenvalue weighted by Gasteiger charge is 2.10. The van der Waals surface area contributed by atoms with Gasteiger partial charge < -0.3 is 9.84 Å². The number of carboxylic acid groups (broad SMARTS) is 1. The highest BCUT2D eigenvalue weighted by Crippen LogP contribution is 2.19. The van der Waals surface area contributed by atoms with Crippen LogP contribution in [0.2, 0.25) is 0 Å². The van der Waals surface area contributed by atoms with Crippen molar-refractivity contribution in [2.24, 2.45) is 0 Å². The van der Waals surface area contributed by atoms with E-state index in [-0.39, 0.29) is 5.56 Å². The average molecular weight is 244 g/mol. The van der Waals surface area contributed by atoms with Crippen LogP contribution in [0.15, 0.2) is 30.5 Å². The third kappa shape index (κ3) is 2.29. The van der Waals surface area contributed by atoms with Crippen LogP contribution in [0.1, 0.15) is 16.1 Å². The summed E-state index contributed by atoms with van der Waals surface area (Å²) in [7, 11) is 1.59. The van der Waals surface area contributed by atoms with Gasteiger partial charge in [0.1, 0.15) is 5.75 Å². The number of rotatable bonds is 3. The van der Waals surface area contributed by atoms with Crippen LogP contribution in [-0.2, 0) is 0 Å². The zero-order valence-corrected chi connectivity index (χ0v) is 10.0. The quantitative estimate of drug-likeness (QED) is 0.895. The lowest BCUT2D eigenvalue weighted by Crippen LogP contribution is -2.04. The third-order valence-electron chi connectivity index (χ3n) is 2.56. The summed E-state index contributed by atoms with van der Waals surface area (Å²) < 4.78 is 5.06. The van der Waals surface area contributed by atoms with Crippen molar-refractivity contribution < 1.29 is 14.6 Å². The molecule has 0 spiro atoms. The number of carboxylic acids is 1. The molecule has 1 N–H and O–H groups in total. The van der Waals surface area contributed by atoms with E-state index < -0.39 is 5.97 Å². The van der Waals surface area contributed by atoms with Crippen molar-refractivity contribution in [1.82, 2.24) is 9.97 Å². The number of carbonyl (C=O) groups is 1. The predicted molar refractivity (Wildman–Crippen MR) is 65.7 cm³/mol. The van der Waals surface area contributed by atoms with Crippen molar-refractivity contribution in [3.05, 3.63) is 41.7 Å². The first-order valence-electron chi connectivity index (χ1n) is 5.33. The van der Waals surface area contributed by atoms with Crippen molar-refractivity contribution in [3.8, 4) is 17.1 Å². The molecule has 2 aromatic rings. The van der Waals surface area contributed by atoms with Gasteiger partial charge in [-0.2, -0.15) is 0 Å². The molecule has 0 aliphatic carbocycles. The molecular formula is C13H12N2O3. The largest absolute Gasteiger partial charge is 0.497 e. The average Bonchev–Trinajstić information content (AvgIpc) is 2.38. The van der Waals surface area contributed by atoms with Gasteiger partial charge in [-0.3, -0.25) is 0 Å². The van der Waals surface area contributed by atoms with Crippen LogP contribution >= 0.6 is 0 Å². The van der Waals surface area contributed by atoms with E-state index in [1.807, 2.05) is 12.1 Å². The second kappa shape index (κ2) is 4.83. The monoisotopic (exact) mass is 244 g/mol. The van der Waals surface area contributed by atoms with Crippen LogP contribution in [0.5, 0.6) is 5.75 Å². The normalized spacial score (nSPS) is 10.1. The molecule has 2 rings (SSSR count). The summed E-state index contributed by atoms with van der Waals surface area (Å²) in [5.41, 5.74) is 1.38. The lowest BCUT2D eigenvalue weighted by atomic mass is 10.2. The number of ether oxygens (including phenoxy) is 1. The highest BCUT2D eigenvalue weighted by molar-refractivity contribution is 5.88. The minimum Gasteiger partial charge on any atom is -0.497 e. The number of methoxy groups -OCH3 is 1. The molecule has 0 saturated heterocycles.